The van der Waals surface area contributed by atoms with Gasteiger partial charge >= 0.3 is 5.97 Å². The van der Waals surface area contributed by atoms with Crippen LogP contribution in [0.4, 0.5) is 11.5 Å². The summed E-state index contributed by atoms with van der Waals surface area (Å²) in [5, 5.41) is 5.85. The van der Waals surface area contributed by atoms with Gasteiger partial charge in [-0.3, -0.25) is 4.79 Å². The number of hydrogen-bond acceptors (Lipinski definition) is 6. The summed E-state index contributed by atoms with van der Waals surface area (Å²) in [5.74, 6) is 0.142. The summed E-state index contributed by atoms with van der Waals surface area (Å²) in [7, 11) is 1.33. The summed E-state index contributed by atoms with van der Waals surface area (Å²) >= 11 is 0. The van der Waals surface area contributed by atoms with Crippen LogP contribution in [-0.2, 0) is 4.74 Å². The lowest BCUT2D eigenvalue weighted by atomic mass is 10.2. The highest BCUT2D eigenvalue weighted by molar-refractivity contribution is 5.93. The lowest BCUT2D eigenvalue weighted by molar-refractivity contribution is 0.0600. The fraction of sp³-hybridized carbons (Fsp3) is 0.294. The molecule has 1 aromatic heterocycles. The largest absolute Gasteiger partial charge is 0.465 e. The zero-order valence-corrected chi connectivity index (χ0v) is 13.9. The quantitative estimate of drug-likeness (QED) is 0.791. The molecule has 0 atom stereocenters. The van der Waals surface area contributed by atoms with Crippen molar-refractivity contribution in [3.63, 3.8) is 0 Å². The Labute approximate surface area is 140 Å². The number of nitrogens with zero attached hydrogens (tertiary/aromatic N) is 2. The first-order valence-electron chi connectivity index (χ1n) is 7.55. The van der Waals surface area contributed by atoms with Gasteiger partial charge in [0.2, 0.25) is 0 Å². The first-order chi connectivity index (χ1) is 11.5. The van der Waals surface area contributed by atoms with E-state index < -0.39 is 5.97 Å². The summed E-state index contributed by atoms with van der Waals surface area (Å²) in [6, 6.07) is 8.37. The average molecular weight is 328 g/mol. The molecule has 1 heterocycles. The normalized spacial score (nSPS) is 10.3. The number of benzene rings is 1. The molecule has 0 aliphatic rings. The maximum Gasteiger partial charge on any atom is 0.337 e. The van der Waals surface area contributed by atoms with Gasteiger partial charge in [-0.05, 0) is 24.1 Å². The molecule has 0 saturated heterocycles. The summed E-state index contributed by atoms with van der Waals surface area (Å²) in [4.78, 5) is 31.7. The summed E-state index contributed by atoms with van der Waals surface area (Å²) in [6.07, 6.45) is 1.32. The SMILES string of the molecule is COC(=O)c1cccc(Nc2cc(C(=O)NCC(C)C)ncn2)c1. The number of carbonyl (C=O) groups is 2. The number of nitrogens with one attached hydrogen (secondary N) is 2. The molecular formula is C17H20N4O3. The number of esters is 1. The minimum absolute atomic E-state index is 0.252. The Morgan fingerprint density at radius 2 is 2.00 bits per heavy atom. The van der Waals surface area contributed by atoms with Crippen LogP contribution >= 0.6 is 0 Å². The molecule has 0 aliphatic heterocycles. The summed E-state index contributed by atoms with van der Waals surface area (Å²) < 4.78 is 4.69. The van der Waals surface area contributed by atoms with Crippen molar-refractivity contribution in [3.05, 3.63) is 47.9 Å². The smallest absolute Gasteiger partial charge is 0.337 e. The van der Waals surface area contributed by atoms with Crippen molar-refractivity contribution < 1.29 is 14.3 Å². The third-order valence-electron chi connectivity index (χ3n) is 3.13. The molecule has 1 aromatic carbocycles. The summed E-state index contributed by atoms with van der Waals surface area (Å²) in [6.45, 7) is 4.61. The van der Waals surface area contributed by atoms with Gasteiger partial charge in [-0.2, -0.15) is 0 Å². The minimum atomic E-state index is -0.421. The molecule has 0 spiro atoms. The van der Waals surface area contributed by atoms with Crippen molar-refractivity contribution in [1.29, 1.82) is 0 Å². The van der Waals surface area contributed by atoms with E-state index in [4.69, 9.17) is 4.74 Å². The number of methoxy groups -OCH3 is 1. The van der Waals surface area contributed by atoms with Crippen LogP contribution in [0.5, 0.6) is 0 Å². The molecular weight excluding hydrogens is 308 g/mol. The Morgan fingerprint density at radius 3 is 2.71 bits per heavy atom. The van der Waals surface area contributed by atoms with Gasteiger partial charge < -0.3 is 15.4 Å². The maximum atomic E-state index is 12.0. The van der Waals surface area contributed by atoms with Gasteiger partial charge in [-0.25, -0.2) is 14.8 Å². The van der Waals surface area contributed by atoms with Crippen molar-refractivity contribution in [1.82, 2.24) is 15.3 Å². The lowest BCUT2D eigenvalue weighted by Crippen LogP contribution is -2.28. The van der Waals surface area contributed by atoms with Gasteiger partial charge in [0.25, 0.3) is 5.91 Å². The Bertz CT molecular complexity index is 731. The van der Waals surface area contributed by atoms with E-state index in [1.54, 1.807) is 30.3 Å². The second-order valence-corrected chi connectivity index (χ2v) is 5.59. The Hall–Kier alpha value is -2.96. The topological polar surface area (TPSA) is 93.2 Å². The van der Waals surface area contributed by atoms with Crippen molar-refractivity contribution in [2.45, 2.75) is 13.8 Å². The van der Waals surface area contributed by atoms with Crippen molar-refractivity contribution in [2.75, 3.05) is 19.0 Å². The first-order valence-corrected chi connectivity index (χ1v) is 7.55. The van der Waals surface area contributed by atoms with Crippen LogP contribution in [0.25, 0.3) is 0 Å². The fourth-order valence-corrected chi connectivity index (χ4v) is 1.93. The molecule has 7 heteroatoms. The molecule has 24 heavy (non-hydrogen) atoms. The van der Waals surface area contributed by atoms with E-state index in [-0.39, 0.29) is 11.6 Å². The number of carbonyl (C=O) groups excluding carboxylic acids is 2. The standard InChI is InChI=1S/C17H20N4O3/c1-11(2)9-18-16(22)14-8-15(20-10-19-14)21-13-6-4-5-12(7-13)17(23)24-3/h4-8,10-11H,9H2,1-3H3,(H,18,22)(H,19,20,21). The highest BCUT2D eigenvalue weighted by Gasteiger charge is 2.10. The van der Waals surface area contributed by atoms with E-state index in [0.717, 1.165) is 0 Å². The van der Waals surface area contributed by atoms with Crippen LogP contribution in [0.1, 0.15) is 34.7 Å². The number of hydrogen-bond donors (Lipinski definition) is 2. The molecule has 0 radical (unpaired) electrons. The van der Waals surface area contributed by atoms with Crippen LogP contribution < -0.4 is 10.6 Å². The van der Waals surface area contributed by atoms with Gasteiger partial charge in [0, 0.05) is 18.3 Å². The lowest BCUT2D eigenvalue weighted by Gasteiger charge is -2.09. The van der Waals surface area contributed by atoms with E-state index in [1.807, 2.05) is 13.8 Å². The zero-order chi connectivity index (χ0) is 17.5. The fourth-order valence-electron chi connectivity index (χ4n) is 1.93. The molecule has 126 valence electrons. The third kappa shape index (κ3) is 4.77. The van der Waals surface area contributed by atoms with E-state index >= 15 is 0 Å². The van der Waals surface area contributed by atoms with Gasteiger partial charge in [0.15, 0.2) is 0 Å². The molecule has 0 unspecified atom stereocenters. The maximum absolute atomic E-state index is 12.0. The van der Waals surface area contributed by atoms with Crippen molar-refractivity contribution in [2.24, 2.45) is 5.92 Å². The van der Waals surface area contributed by atoms with Crippen LogP contribution in [0, 0.1) is 5.92 Å². The molecule has 2 aromatic rings. The molecule has 0 bridgehead atoms. The van der Waals surface area contributed by atoms with Crippen molar-refractivity contribution >= 4 is 23.4 Å². The average Bonchev–Trinajstić information content (AvgIpc) is 2.59. The van der Waals surface area contributed by atoms with Gasteiger partial charge in [0.05, 0.1) is 12.7 Å². The molecule has 2 N–H and O–H groups in total. The first kappa shape index (κ1) is 17.4. The van der Waals surface area contributed by atoms with E-state index in [0.29, 0.717) is 29.5 Å². The number of ether oxygens (including phenoxy) is 1. The number of rotatable bonds is 6. The van der Waals surface area contributed by atoms with Gasteiger partial charge in [0.1, 0.15) is 17.8 Å². The molecule has 0 saturated carbocycles. The minimum Gasteiger partial charge on any atom is -0.465 e. The van der Waals surface area contributed by atoms with Crippen LogP contribution in [0.2, 0.25) is 0 Å². The predicted octanol–water partition coefficient (Wildman–Crippen LogP) is 2.39. The molecule has 1 amide bonds. The highest BCUT2D eigenvalue weighted by Crippen LogP contribution is 2.16. The Kier molecular flexibility index (Phi) is 5.83. The predicted molar refractivity (Wildman–Crippen MR) is 90.3 cm³/mol. The van der Waals surface area contributed by atoms with Gasteiger partial charge in [-0.1, -0.05) is 19.9 Å². The second kappa shape index (κ2) is 8.05. The zero-order valence-electron chi connectivity index (χ0n) is 13.9. The van der Waals surface area contributed by atoms with Crippen molar-refractivity contribution in [3.8, 4) is 0 Å². The number of aromatic nitrogens is 2. The molecule has 0 fully saturated rings. The van der Waals surface area contributed by atoms with Crippen LogP contribution in [-0.4, -0.2) is 35.5 Å². The second-order valence-electron chi connectivity index (χ2n) is 5.59. The highest BCUT2D eigenvalue weighted by atomic mass is 16.5. The number of anilines is 2. The number of amides is 1. The molecule has 0 aliphatic carbocycles. The summed E-state index contributed by atoms with van der Waals surface area (Å²) in [5.41, 5.74) is 1.36. The van der Waals surface area contributed by atoms with E-state index in [1.165, 1.54) is 13.4 Å². The molecule has 2 rings (SSSR count). The Morgan fingerprint density at radius 1 is 1.21 bits per heavy atom. The van der Waals surface area contributed by atoms with E-state index in [2.05, 4.69) is 20.6 Å². The van der Waals surface area contributed by atoms with E-state index in [9.17, 15) is 9.59 Å². The van der Waals surface area contributed by atoms with Gasteiger partial charge in [-0.15, -0.1) is 0 Å². The third-order valence-corrected chi connectivity index (χ3v) is 3.13. The molecule has 7 nitrogen and oxygen atoms in total. The Balaban J connectivity index is 2.12. The van der Waals surface area contributed by atoms with Crippen LogP contribution in [0.3, 0.4) is 0 Å². The monoisotopic (exact) mass is 328 g/mol. The van der Waals surface area contributed by atoms with Crippen LogP contribution in [0.15, 0.2) is 36.7 Å².